The number of H-pyrrole nitrogens is 1. The number of hydrogen-bond acceptors (Lipinski definition) is 7. The van der Waals surface area contributed by atoms with E-state index in [-0.39, 0.29) is 17.2 Å². The van der Waals surface area contributed by atoms with Crippen LogP contribution in [0.25, 0.3) is 22.4 Å². The number of aromatic nitrogens is 2. The number of aromatic amines is 1. The van der Waals surface area contributed by atoms with Gasteiger partial charge in [-0.3, -0.25) is 0 Å². The molecule has 1 aliphatic heterocycles. The summed E-state index contributed by atoms with van der Waals surface area (Å²) in [6, 6.07) is 8.85. The number of methoxy groups -OCH3 is 1. The van der Waals surface area contributed by atoms with Crippen LogP contribution >= 0.6 is 0 Å². The first-order valence-corrected chi connectivity index (χ1v) is 10.9. The van der Waals surface area contributed by atoms with Gasteiger partial charge in [-0.25, -0.2) is 13.4 Å². The Balaban J connectivity index is 1.62. The monoisotopic (exact) mass is 418 g/mol. The van der Waals surface area contributed by atoms with Gasteiger partial charge in [-0.15, -0.1) is 0 Å². The molecule has 0 aliphatic carbocycles. The van der Waals surface area contributed by atoms with E-state index in [4.69, 9.17) is 4.74 Å². The van der Waals surface area contributed by atoms with Crippen LogP contribution in [-0.2, 0) is 10.0 Å². The minimum atomic E-state index is -3.17. The zero-order valence-electron chi connectivity index (χ0n) is 16.1. The molecule has 0 bridgehead atoms. The Kier molecular flexibility index (Phi) is 4.75. The van der Waals surface area contributed by atoms with Gasteiger partial charge in [-0.05, 0) is 30.3 Å². The molecule has 3 aromatic rings. The summed E-state index contributed by atoms with van der Waals surface area (Å²) >= 11 is 0. The smallest absolute Gasteiger partial charge is 0.211 e. The van der Waals surface area contributed by atoms with E-state index in [0.29, 0.717) is 37.6 Å². The zero-order chi connectivity index (χ0) is 20.8. The van der Waals surface area contributed by atoms with E-state index in [1.807, 2.05) is 18.2 Å². The van der Waals surface area contributed by atoms with Crippen molar-refractivity contribution < 1.29 is 23.4 Å². The molecular formula is C19H22N4O5S. The quantitative estimate of drug-likeness (QED) is 0.552. The second-order valence-electron chi connectivity index (χ2n) is 6.98. The third-order valence-electron chi connectivity index (χ3n) is 5.09. The summed E-state index contributed by atoms with van der Waals surface area (Å²) in [6.45, 7) is 2.13. The second kappa shape index (κ2) is 7.12. The molecule has 0 unspecified atom stereocenters. The second-order valence-corrected chi connectivity index (χ2v) is 8.96. The number of aromatic hydroxyl groups is 2. The summed E-state index contributed by atoms with van der Waals surface area (Å²) in [5, 5.41) is 19.7. The van der Waals surface area contributed by atoms with Gasteiger partial charge < -0.3 is 24.8 Å². The normalized spacial score (nSPS) is 15.7. The van der Waals surface area contributed by atoms with Crippen molar-refractivity contribution in [2.45, 2.75) is 0 Å². The molecule has 10 heteroatoms. The fraction of sp³-hybridized carbons (Fsp3) is 0.316. The SMILES string of the molecule is COc1cc(-c2nc3cc(N4CCN(S(C)(=O)=O)CC4)ccc3[nH]2)cc(O)c1O. The zero-order valence-corrected chi connectivity index (χ0v) is 16.9. The van der Waals surface area contributed by atoms with Gasteiger partial charge in [0.25, 0.3) is 0 Å². The lowest BCUT2D eigenvalue weighted by Crippen LogP contribution is -2.48. The largest absolute Gasteiger partial charge is 0.504 e. The van der Waals surface area contributed by atoms with Gasteiger partial charge in [0.15, 0.2) is 11.5 Å². The van der Waals surface area contributed by atoms with Crippen LogP contribution in [0.4, 0.5) is 5.69 Å². The molecule has 1 saturated heterocycles. The summed E-state index contributed by atoms with van der Waals surface area (Å²) in [7, 11) is -1.76. The highest BCUT2D eigenvalue weighted by molar-refractivity contribution is 7.88. The van der Waals surface area contributed by atoms with Crippen LogP contribution in [0.2, 0.25) is 0 Å². The molecule has 1 aromatic heterocycles. The van der Waals surface area contributed by atoms with Crippen LogP contribution in [0.3, 0.4) is 0 Å². The predicted octanol–water partition coefficient (Wildman–Crippen LogP) is 1.73. The molecule has 0 atom stereocenters. The van der Waals surface area contributed by atoms with Crippen molar-refractivity contribution in [1.29, 1.82) is 0 Å². The molecule has 0 radical (unpaired) electrons. The van der Waals surface area contributed by atoms with Crippen LogP contribution in [0.15, 0.2) is 30.3 Å². The highest BCUT2D eigenvalue weighted by Crippen LogP contribution is 2.39. The van der Waals surface area contributed by atoms with Gasteiger partial charge in [0.1, 0.15) is 5.82 Å². The third-order valence-corrected chi connectivity index (χ3v) is 6.39. The lowest BCUT2D eigenvalue weighted by Gasteiger charge is -2.34. The molecule has 0 amide bonds. The first kappa shape index (κ1) is 19.3. The van der Waals surface area contributed by atoms with E-state index in [9.17, 15) is 18.6 Å². The number of hydrogen-bond donors (Lipinski definition) is 3. The number of rotatable bonds is 4. The molecular weight excluding hydrogens is 396 g/mol. The van der Waals surface area contributed by atoms with Gasteiger partial charge >= 0.3 is 0 Å². The van der Waals surface area contributed by atoms with E-state index in [1.54, 1.807) is 6.07 Å². The number of phenolic OH excluding ortho intramolecular Hbond substituents is 2. The molecule has 9 nitrogen and oxygen atoms in total. The van der Waals surface area contributed by atoms with Crippen molar-refractivity contribution in [2.75, 3.05) is 44.4 Å². The Morgan fingerprint density at radius 1 is 1.10 bits per heavy atom. The van der Waals surface area contributed by atoms with Gasteiger partial charge in [-0.1, -0.05) is 0 Å². The summed E-state index contributed by atoms with van der Waals surface area (Å²) in [5.41, 5.74) is 3.12. The Morgan fingerprint density at radius 3 is 2.48 bits per heavy atom. The predicted molar refractivity (Wildman–Crippen MR) is 110 cm³/mol. The number of anilines is 1. The molecule has 3 N–H and O–H groups in total. The molecule has 1 aliphatic rings. The number of nitrogens with zero attached hydrogens (tertiary/aromatic N) is 3. The minimum Gasteiger partial charge on any atom is -0.504 e. The fourth-order valence-corrected chi connectivity index (χ4v) is 4.32. The van der Waals surface area contributed by atoms with E-state index in [1.165, 1.54) is 23.7 Å². The maximum Gasteiger partial charge on any atom is 0.211 e. The number of imidazole rings is 1. The van der Waals surface area contributed by atoms with Crippen molar-refractivity contribution in [2.24, 2.45) is 0 Å². The highest BCUT2D eigenvalue weighted by atomic mass is 32.2. The first-order valence-electron chi connectivity index (χ1n) is 9.06. The van der Waals surface area contributed by atoms with Crippen LogP contribution in [0.5, 0.6) is 17.2 Å². The average molecular weight is 418 g/mol. The standard InChI is InChI=1S/C19H22N4O5S/c1-28-17-10-12(9-16(24)18(17)25)19-20-14-4-3-13(11-15(14)21-19)22-5-7-23(8-6-22)29(2,26)27/h3-4,9-11,24-25H,5-8H2,1-2H3,(H,20,21). The van der Waals surface area contributed by atoms with Crippen LogP contribution < -0.4 is 9.64 Å². The van der Waals surface area contributed by atoms with Gasteiger partial charge in [0, 0.05) is 37.4 Å². The molecule has 1 fully saturated rings. The maximum atomic E-state index is 11.7. The van der Waals surface area contributed by atoms with Crippen molar-refractivity contribution in [1.82, 2.24) is 14.3 Å². The topological polar surface area (TPSA) is 119 Å². The van der Waals surface area contributed by atoms with E-state index in [2.05, 4.69) is 14.9 Å². The van der Waals surface area contributed by atoms with Crippen LogP contribution in [0.1, 0.15) is 0 Å². The Bertz CT molecular complexity index is 1170. The van der Waals surface area contributed by atoms with Crippen molar-refractivity contribution in [3.8, 4) is 28.6 Å². The summed E-state index contributed by atoms with van der Waals surface area (Å²) < 4.78 is 29.9. The lowest BCUT2D eigenvalue weighted by molar-refractivity contribution is 0.351. The first-order chi connectivity index (χ1) is 13.8. The molecule has 0 spiro atoms. The molecule has 29 heavy (non-hydrogen) atoms. The lowest BCUT2D eigenvalue weighted by atomic mass is 10.1. The molecule has 154 valence electrons. The van der Waals surface area contributed by atoms with Gasteiger partial charge in [-0.2, -0.15) is 4.31 Å². The summed E-state index contributed by atoms with van der Waals surface area (Å²) in [5.74, 6) is 0.0877. The third kappa shape index (κ3) is 3.68. The number of phenols is 2. The van der Waals surface area contributed by atoms with Crippen LogP contribution in [-0.4, -0.2) is 72.4 Å². The Hall–Kier alpha value is -2.98. The molecule has 2 aromatic carbocycles. The van der Waals surface area contributed by atoms with Crippen LogP contribution in [0, 0.1) is 0 Å². The number of ether oxygens (including phenoxy) is 1. The number of benzene rings is 2. The number of fused-ring (bicyclic) bond motifs is 1. The summed E-state index contributed by atoms with van der Waals surface area (Å²) in [6.07, 6.45) is 1.23. The Morgan fingerprint density at radius 2 is 1.83 bits per heavy atom. The van der Waals surface area contributed by atoms with E-state index < -0.39 is 10.0 Å². The van der Waals surface area contributed by atoms with E-state index >= 15 is 0 Å². The van der Waals surface area contributed by atoms with Gasteiger partial charge in [0.05, 0.1) is 24.4 Å². The number of piperazine rings is 1. The summed E-state index contributed by atoms with van der Waals surface area (Å²) in [4.78, 5) is 9.93. The fourth-order valence-electron chi connectivity index (χ4n) is 3.49. The molecule has 2 heterocycles. The van der Waals surface area contributed by atoms with Gasteiger partial charge in [0.2, 0.25) is 15.8 Å². The minimum absolute atomic E-state index is 0.157. The van der Waals surface area contributed by atoms with E-state index in [0.717, 1.165) is 16.7 Å². The maximum absolute atomic E-state index is 11.7. The highest BCUT2D eigenvalue weighted by Gasteiger charge is 2.23. The van der Waals surface area contributed by atoms with Crippen molar-refractivity contribution in [3.63, 3.8) is 0 Å². The number of nitrogens with one attached hydrogen (secondary N) is 1. The molecule has 4 rings (SSSR count). The van der Waals surface area contributed by atoms with Crippen molar-refractivity contribution >= 4 is 26.7 Å². The number of sulfonamides is 1. The van der Waals surface area contributed by atoms with Crippen molar-refractivity contribution in [3.05, 3.63) is 30.3 Å². The average Bonchev–Trinajstić information content (AvgIpc) is 3.12. The molecule has 0 saturated carbocycles. The Labute approximate surface area is 168 Å².